The van der Waals surface area contributed by atoms with Crippen molar-refractivity contribution in [3.8, 4) is 22.9 Å². The van der Waals surface area contributed by atoms with Gasteiger partial charge in [-0.2, -0.15) is 9.78 Å². The average Bonchev–Trinajstić information content (AvgIpc) is 2.99. The van der Waals surface area contributed by atoms with E-state index in [0.717, 1.165) is 34.0 Å². The van der Waals surface area contributed by atoms with Gasteiger partial charge in [0.1, 0.15) is 11.5 Å². The van der Waals surface area contributed by atoms with Crippen LogP contribution in [-0.2, 0) is 0 Å². The molecule has 4 rings (SSSR count). The van der Waals surface area contributed by atoms with Crippen LogP contribution in [0.4, 0.5) is 0 Å². The summed E-state index contributed by atoms with van der Waals surface area (Å²) in [5.74, 6) is 1.52. The van der Waals surface area contributed by atoms with Crippen LogP contribution >= 0.6 is 0 Å². The van der Waals surface area contributed by atoms with Crippen LogP contribution in [0.1, 0.15) is 11.4 Å². The second-order valence-corrected chi connectivity index (χ2v) is 6.55. The molecule has 0 aliphatic heterocycles. The number of hydrogen-bond donors (Lipinski definition) is 0. The highest BCUT2D eigenvalue weighted by molar-refractivity contribution is 5.88. The van der Waals surface area contributed by atoms with E-state index in [1.54, 1.807) is 20.4 Å². The maximum atomic E-state index is 13.2. The largest absolute Gasteiger partial charge is 0.497 e. The lowest BCUT2D eigenvalue weighted by Gasteiger charge is -2.10. The third-order valence-corrected chi connectivity index (χ3v) is 5.05. The van der Waals surface area contributed by atoms with E-state index in [1.807, 2.05) is 62.4 Å². The lowest BCUT2D eigenvalue weighted by Crippen LogP contribution is -2.21. The van der Waals surface area contributed by atoms with Crippen LogP contribution in [0.15, 0.2) is 59.5 Å². The normalized spacial score (nSPS) is 11.0. The molecule has 0 spiro atoms. The van der Waals surface area contributed by atoms with Crippen molar-refractivity contribution in [2.75, 3.05) is 14.2 Å². The van der Waals surface area contributed by atoms with Crippen molar-refractivity contribution >= 4 is 10.8 Å². The van der Waals surface area contributed by atoms with Gasteiger partial charge in [0.15, 0.2) is 0 Å². The van der Waals surface area contributed by atoms with Crippen LogP contribution in [-0.4, -0.2) is 28.6 Å². The van der Waals surface area contributed by atoms with Crippen molar-refractivity contribution in [1.29, 1.82) is 0 Å². The van der Waals surface area contributed by atoms with E-state index in [0.29, 0.717) is 11.1 Å². The number of rotatable bonds is 4. The van der Waals surface area contributed by atoms with Crippen molar-refractivity contribution < 1.29 is 9.47 Å². The lowest BCUT2D eigenvalue weighted by atomic mass is 10.2. The molecule has 2 heterocycles. The second kappa shape index (κ2) is 6.88. The summed E-state index contributed by atoms with van der Waals surface area (Å²) in [7, 11) is 3.25. The molecule has 6 heteroatoms. The number of aromatic nitrogens is 3. The maximum absolute atomic E-state index is 13.2. The standard InChI is InChI=1S/C22H21N3O3/c1-14-20-13-23-25(17-7-11-19(28-4)12-8-17)22(26)21(20)15(2)24(14)16-5-9-18(27-3)10-6-16/h5-13H,1-4H3. The number of benzene rings is 2. The summed E-state index contributed by atoms with van der Waals surface area (Å²) in [6, 6.07) is 15.0. The van der Waals surface area contributed by atoms with Gasteiger partial charge in [0.25, 0.3) is 5.56 Å². The van der Waals surface area contributed by atoms with Gasteiger partial charge < -0.3 is 14.0 Å². The van der Waals surface area contributed by atoms with Crippen LogP contribution in [0.5, 0.6) is 11.5 Å². The number of aryl methyl sites for hydroxylation is 2. The quantitative estimate of drug-likeness (QED) is 0.544. The zero-order chi connectivity index (χ0) is 19.8. The van der Waals surface area contributed by atoms with Gasteiger partial charge in [0.2, 0.25) is 0 Å². The molecule has 28 heavy (non-hydrogen) atoms. The minimum atomic E-state index is -0.143. The molecule has 6 nitrogen and oxygen atoms in total. The van der Waals surface area contributed by atoms with Gasteiger partial charge in [-0.15, -0.1) is 0 Å². The molecule has 0 aliphatic carbocycles. The Bertz CT molecular complexity index is 1200. The van der Waals surface area contributed by atoms with E-state index < -0.39 is 0 Å². The Kier molecular flexibility index (Phi) is 4.39. The Balaban J connectivity index is 1.91. The van der Waals surface area contributed by atoms with E-state index in [9.17, 15) is 4.79 Å². The number of nitrogens with zero attached hydrogens (tertiary/aromatic N) is 3. The van der Waals surface area contributed by atoms with Gasteiger partial charge in [0.05, 0.1) is 31.5 Å². The Morgan fingerprint density at radius 3 is 1.86 bits per heavy atom. The first-order valence-corrected chi connectivity index (χ1v) is 8.94. The molecule has 2 aromatic carbocycles. The topological polar surface area (TPSA) is 58.3 Å². The molecule has 0 atom stereocenters. The van der Waals surface area contributed by atoms with Gasteiger partial charge in [-0.3, -0.25) is 4.79 Å². The van der Waals surface area contributed by atoms with Crippen LogP contribution in [0.25, 0.3) is 22.1 Å². The summed E-state index contributed by atoms with van der Waals surface area (Å²) in [5.41, 5.74) is 3.39. The second-order valence-electron chi connectivity index (χ2n) is 6.55. The lowest BCUT2D eigenvalue weighted by molar-refractivity contribution is 0.414. The summed E-state index contributed by atoms with van der Waals surface area (Å²) in [6.45, 7) is 3.96. The molecule has 0 N–H and O–H groups in total. The molecule has 142 valence electrons. The fraction of sp³-hybridized carbons (Fsp3) is 0.182. The van der Waals surface area contributed by atoms with Gasteiger partial charge in [-0.25, -0.2) is 0 Å². The monoisotopic (exact) mass is 375 g/mol. The summed E-state index contributed by atoms with van der Waals surface area (Å²) in [5, 5.41) is 5.91. The SMILES string of the molecule is COc1ccc(-n2c(C)c3cnn(-c4ccc(OC)cc4)c(=O)c3c2C)cc1. The van der Waals surface area contributed by atoms with Crippen molar-refractivity contribution in [3.05, 3.63) is 76.5 Å². The number of methoxy groups -OCH3 is 2. The Morgan fingerprint density at radius 1 is 0.786 bits per heavy atom. The smallest absolute Gasteiger partial charge is 0.281 e. The Hall–Kier alpha value is -3.54. The molecule has 4 aromatic rings. The molecule has 0 aliphatic rings. The van der Waals surface area contributed by atoms with E-state index >= 15 is 0 Å². The predicted octanol–water partition coefficient (Wildman–Crippen LogP) is 3.81. The highest BCUT2D eigenvalue weighted by Crippen LogP contribution is 2.27. The fourth-order valence-corrected chi connectivity index (χ4v) is 3.59. The van der Waals surface area contributed by atoms with Crippen LogP contribution in [0.3, 0.4) is 0 Å². The molecular formula is C22H21N3O3. The van der Waals surface area contributed by atoms with Crippen molar-refractivity contribution in [3.63, 3.8) is 0 Å². The minimum absolute atomic E-state index is 0.143. The number of fused-ring (bicyclic) bond motifs is 1. The third-order valence-electron chi connectivity index (χ3n) is 5.05. The summed E-state index contributed by atoms with van der Waals surface area (Å²) in [4.78, 5) is 13.2. The Morgan fingerprint density at radius 2 is 1.32 bits per heavy atom. The zero-order valence-corrected chi connectivity index (χ0v) is 16.3. The molecule has 0 saturated heterocycles. The first kappa shape index (κ1) is 17.9. The zero-order valence-electron chi connectivity index (χ0n) is 16.3. The molecule has 0 radical (unpaired) electrons. The first-order valence-electron chi connectivity index (χ1n) is 8.94. The minimum Gasteiger partial charge on any atom is -0.497 e. The van der Waals surface area contributed by atoms with Crippen molar-refractivity contribution in [2.24, 2.45) is 0 Å². The molecule has 0 fully saturated rings. The summed E-state index contributed by atoms with van der Waals surface area (Å²) >= 11 is 0. The van der Waals surface area contributed by atoms with Crippen molar-refractivity contribution in [1.82, 2.24) is 14.3 Å². The van der Waals surface area contributed by atoms with E-state index in [2.05, 4.69) is 9.67 Å². The maximum Gasteiger partial charge on any atom is 0.281 e. The highest BCUT2D eigenvalue weighted by Gasteiger charge is 2.18. The van der Waals surface area contributed by atoms with Crippen LogP contribution < -0.4 is 15.0 Å². The van der Waals surface area contributed by atoms with Gasteiger partial charge in [-0.05, 0) is 62.4 Å². The van der Waals surface area contributed by atoms with Crippen LogP contribution in [0.2, 0.25) is 0 Å². The molecule has 0 bridgehead atoms. The summed E-state index contributed by atoms with van der Waals surface area (Å²) in [6.07, 6.45) is 1.75. The van der Waals surface area contributed by atoms with E-state index in [1.165, 1.54) is 4.68 Å². The first-order chi connectivity index (χ1) is 13.5. The molecule has 2 aromatic heterocycles. The van der Waals surface area contributed by atoms with E-state index in [-0.39, 0.29) is 5.56 Å². The Labute approximate surface area is 162 Å². The number of hydrogen-bond acceptors (Lipinski definition) is 4. The van der Waals surface area contributed by atoms with E-state index in [4.69, 9.17) is 9.47 Å². The fourth-order valence-electron chi connectivity index (χ4n) is 3.59. The van der Waals surface area contributed by atoms with Gasteiger partial charge in [0, 0.05) is 22.5 Å². The molecule has 0 amide bonds. The predicted molar refractivity (Wildman–Crippen MR) is 109 cm³/mol. The van der Waals surface area contributed by atoms with Crippen molar-refractivity contribution in [2.45, 2.75) is 13.8 Å². The molecular weight excluding hydrogens is 354 g/mol. The average molecular weight is 375 g/mol. The molecule has 0 saturated carbocycles. The van der Waals surface area contributed by atoms with Gasteiger partial charge in [-0.1, -0.05) is 0 Å². The van der Waals surface area contributed by atoms with Crippen LogP contribution in [0, 0.1) is 13.8 Å². The third kappa shape index (κ3) is 2.74. The summed E-state index contributed by atoms with van der Waals surface area (Å²) < 4.78 is 13.9. The number of ether oxygens (including phenoxy) is 2. The molecule has 0 unspecified atom stereocenters. The van der Waals surface area contributed by atoms with Gasteiger partial charge >= 0.3 is 0 Å². The highest BCUT2D eigenvalue weighted by atomic mass is 16.5.